The first-order valence-corrected chi connectivity index (χ1v) is 9.70. The molecule has 150 valence electrons. The molecule has 0 bridgehead atoms. The first-order chi connectivity index (χ1) is 13.2. The summed E-state index contributed by atoms with van der Waals surface area (Å²) in [5.74, 6) is -0.0946. The van der Waals surface area contributed by atoms with Gasteiger partial charge in [0.1, 0.15) is 11.8 Å². The Balaban J connectivity index is 2.16. The lowest BCUT2D eigenvalue weighted by Gasteiger charge is -2.28. The van der Waals surface area contributed by atoms with Crippen LogP contribution in [0.2, 0.25) is 15.1 Å². The minimum atomic E-state index is -0.692. The molecule has 28 heavy (non-hydrogen) atoms. The molecule has 0 saturated heterocycles. The predicted octanol–water partition coefficient (Wildman–Crippen LogP) is 4.50. The molecule has 1 atom stereocenters. The standard InChI is InChI=1S/C20H21Cl3N2O3/c1-12-8-15(5-7-16(12)21)28-11-19(26)25(13(2)20(27)24-3)10-14-4-6-17(22)18(23)9-14/h4-9,13H,10-11H2,1-3H3,(H,24,27)/t13-/m0/s1. The molecule has 0 aliphatic carbocycles. The van der Waals surface area contributed by atoms with Gasteiger partial charge in [0.15, 0.2) is 6.61 Å². The number of nitrogens with one attached hydrogen (secondary N) is 1. The number of benzene rings is 2. The van der Waals surface area contributed by atoms with E-state index in [1.807, 2.05) is 6.92 Å². The van der Waals surface area contributed by atoms with Gasteiger partial charge in [0.25, 0.3) is 5.91 Å². The average Bonchev–Trinajstić information content (AvgIpc) is 2.68. The summed E-state index contributed by atoms with van der Waals surface area (Å²) < 4.78 is 5.60. The molecule has 5 nitrogen and oxygen atoms in total. The highest BCUT2D eigenvalue weighted by atomic mass is 35.5. The fourth-order valence-electron chi connectivity index (χ4n) is 2.56. The molecule has 2 amide bonds. The summed E-state index contributed by atoms with van der Waals surface area (Å²) in [7, 11) is 1.52. The van der Waals surface area contributed by atoms with Crippen molar-refractivity contribution in [2.45, 2.75) is 26.4 Å². The van der Waals surface area contributed by atoms with Crippen LogP contribution in [0.5, 0.6) is 5.75 Å². The van der Waals surface area contributed by atoms with E-state index in [4.69, 9.17) is 39.5 Å². The van der Waals surface area contributed by atoms with E-state index >= 15 is 0 Å². The summed E-state index contributed by atoms with van der Waals surface area (Å²) in [4.78, 5) is 26.4. The number of nitrogens with zero attached hydrogens (tertiary/aromatic N) is 1. The van der Waals surface area contributed by atoms with Gasteiger partial charge in [0.2, 0.25) is 5.91 Å². The van der Waals surface area contributed by atoms with E-state index in [1.165, 1.54) is 11.9 Å². The van der Waals surface area contributed by atoms with Crippen LogP contribution in [0.4, 0.5) is 0 Å². The molecule has 2 aromatic carbocycles. The molecule has 0 heterocycles. The summed E-state index contributed by atoms with van der Waals surface area (Å²) >= 11 is 18.0. The Morgan fingerprint density at radius 1 is 1.07 bits per heavy atom. The molecule has 0 aromatic heterocycles. The lowest BCUT2D eigenvalue weighted by molar-refractivity contribution is -0.142. The van der Waals surface area contributed by atoms with Crippen molar-refractivity contribution >= 4 is 46.6 Å². The molecule has 0 radical (unpaired) electrons. The van der Waals surface area contributed by atoms with Crippen molar-refractivity contribution in [2.75, 3.05) is 13.7 Å². The van der Waals surface area contributed by atoms with Crippen molar-refractivity contribution in [2.24, 2.45) is 0 Å². The van der Waals surface area contributed by atoms with Crippen LogP contribution in [0.25, 0.3) is 0 Å². The highest BCUT2D eigenvalue weighted by Crippen LogP contribution is 2.24. The molecule has 2 aromatic rings. The first kappa shape index (κ1) is 22.3. The quantitative estimate of drug-likeness (QED) is 0.685. The minimum Gasteiger partial charge on any atom is -0.484 e. The number of amides is 2. The van der Waals surface area contributed by atoms with E-state index in [9.17, 15) is 9.59 Å². The lowest BCUT2D eigenvalue weighted by atomic mass is 10.1. The van der Waals surface area contributed by atoms with Crippen molar-refractivity contribution in [3.63, 3.8) is 0 Å². The van der Waals surface area contributed by atoms with Crippen LogP contribution in [0.15, 0.2) is 36.4 Å². The van der Waals surface area contributed by atoms with E-state index in [0.717, 1.165) is 11.1 Å². The largest absolute Gasteiger partial charge is 0.484 e. The van der Waals surface area contributed by atoms with Gasteiger partial charge >= 0.3 is 0 Å². The zero-order chi connectivity index (χ0) is 20.8. The average molecular weight is 444 g/mol. The van der Waals surface area contributed by atoms with Gasteiger partial charge in [-0.1, -0.05) is 40.9 Å². The van der Waals surface area contributed by atoms with E-state index < -0.39 is 6.04 Å². The van der Waals surface area contributed by atoms with Crippen molar-refractivity contribution < 1.29 is 14.3 Å². The molecule has 2 rings (SSSR count). The third-order valence-corrected chi connectivity index (χ3v) is 5.41. The van der Waals surface area contributed by atoms with Gasteiger partial charge in [-0.3, -0.25) is 9.59 Å². The Hall–Kier alpha value is -1.95. The zero-order valence-electron chi connectivity index (χ0n) is 15.8. The van der Waals surface area contributed by atoms with Crippen LogP contribution >= 0.6 is 34.8 Å². The van der Waals surface area contributed by atoms with Crippen LogP contribution in [0, 0.1) is 6.92 Å². The summed E-state index contributed by atoms with van der Waals surface area (Å²) in [5, 5.41) is 3.98. The molecule has 1 N–H and O–H groups in total. The first-order valence-electron chi connectivity index (χ1n) is 8.57. The van der Waals surface area contributed by atoms with Gasteiger partial charge in [-0.05, 0) is 55.3 Å². The van der Waals surface area contributed by atoms with Crippen LogP contribution in [0.1, 0.15) is 18.1 Å². The molecule has 0 aliphatic heterocycles. The van der Waals surface area contributed by atoms with Gasteiger partial charge in [-0.15, -0.1) is 0 Å². The number of rotatable bonds is 7. The fourth-order valence-corrected chi connectivity index (χ4v) is 3.00. The minimum absolute atomic E-state index is 0.188. The molecule has 0 saturated carbocycles. The Morgan fingerprint density at radius 2 is 1.75 bits per heavy atom. The molecule has 0 unspecified atom stereocenters. The zero-order valence-corrected chi connectivity index (χ0v) is 18.0. The molecule has 0 spiro atoms. The van der Waals surface area contributed by atoms with E-state index in [1.54, 1.807) is 43.3 Å². The smallest absolute Gasteiger partial charge is 0.261 e. The van der Waals surface area contributed by atoms with Gasteiger partial charge in [0, 0.05) is 18.6 Å². The number of ether oxygens (including phenoxy) is 1. The lowest BCUT2D eigenvalue weighted by Crippen LogP contribution is -2.48. The Bertz CT molecular complexity index is 874. The molecular weight excluding hydrogens is 423 g/mol. The Kier molecular flexibility index (Phi) is 7.98. The monoisotopic (exact) mass is 442 g/mol. The number of hydrogen-bond donors (Lipinski definition) is 1. The molecule has 8 heteroatoms. The van der Waals surface area contributed by atoms with Crippen molar-refractivity contribution in [3.05, 3.63) is 62.6 Å². The van der Waals surface area contributed by atoms with Crippen molar-refractivity contribution in [1.82, 2.24) is 10.2 Å². The summed E-state index contributed by atoms with van der Waals surface area (Å²) in [6.07, 6.45) is 0. The number of carbonyl (C=O) groups excluding carboxylic acids is 2. The van der Waals surface area contributed by atoms with Crippen LogP contribution < -0.4 is 10.1 Å². The fraction of sp³-hybridized carbons (Fsp3) is 0.300. The van der Waals surface area contributed by atoms with Crippen LogP contribution in [-0.4, -0.2) is 36.4 Å². The number of carbonyl (C=O) groups is 2. The maximum Gasteiger partial charge on any atom is 0.261 e. The second-order valence-corrected chi connectivity index (χ2v) is 7.48. The topological polar surface area (TPSA) is 58.6 Å². The van der Waals surface area contributed by atoms with Crippen molar-refractivity contribution in [1.29, 1.82) is 0 Å². The van der Waals surface area contributed by atoms with Gasteiger partial charge < -0.3 is 15.0 Å². The predicted molar refractivity (Wildman–Crippen MR) is 112 cm³/mol. The molecular formula is C20H21Cl3N2O3. The number of halogens is 3. The maximum atomic E-state index is 12.8. The second kappa shape index (κ2) is 10.0. The van der Waals surface area contributed by atoms with Crippen molar-refractivity contribution in [3.8, 4) is 5.75 Å². The second-order valence-electron chi connectivity index (χ2n) is 6.26. The van der Waals surface area contributed by atoms with Crippen LogP contribution in [-0.2, 0) is 16.1 Å². The number of aryl methyl sites for hydroxylation is 1. The summed E-state index contributed by atoms with van der Waals surface area (Å²) in [5.41, 5.74) is 1.60. The Labute approximate surface area is 179 Å². The van der Waals surface area contributed by atoms with E-state index in [-0.39, 0.29) is 25.0 Å². The van der Waals surface area contributed by atoms with Gasteiger partial charge in [0.05, 0.1) is 10.0 Å². The molecule has 0 fully saturated rings. The summed E-state index contributed by atoms with van der Waals surface area (Å²) in [6, 6.07) is 9.53. The third-order valence-electron chi connectivity index (χ3n) is 4.24. The Morgan fingerprint density at radius 3 is 2.36 bits per heavy atom. The van der Waals surface area contributed by atoms with Gasteiger partial charge in [-0.2, -0.15) is 0 Å². The maximum absolute atomic E-state index is 12.8. The normalized spacial score (nSPS) is 11.6. The number of likely N-dealkylation sites (N-methyl/N-ethyl adjacent to an activating group) is 1. The SMILES string of the molecule is CNC(=O)[C@H](C)N(Cc1ccc(Cl)c(Cl)c1)C(=O)COc1ccc(Cl)c(C)c1. The highest BCUT2D eigenvalue weighted by Gasteiger charge is 2.26. The van der Waals surface area contributed by atoms with Gasteiger partial charge in [-0.25, -0.2) is 0 Å². The van der Waals surface area contributed by atoms with E-state index in [0.29, 0.717) is 20.8 Å². The number of hydrogen-bond acceptors (Lipinski definition) is 3. The van der Waals surface area contributed by atoms with E-state index in [2.05, 4.69) is 5.32 Å². The van der Waals surface area contributed by atoms with Crippen LogP contribution in [0.3, 0.4) is 0 Å². The molecule has 0 aliphatic rings. The highest BCUT2D eigenvalue weighted by molar-refractivity contribution is 6.42. The third kappa shape index (κ3) is 5.77. The summed E-state index contributed by atoms with van der Waals surface area (Å²) in [6.45, 7) is 3.47.